The number of rotatable bonds is 5. The van der Waals surface area contributed by atoms with E-state index < -0.39 is 30.4 Å². The highest BCUT2D eigenvalue weighted by molar-refractivity contribution is 5.84. The average Bonchev–Trinajstić information content (AvgIpc) is 2.36. The molecule has 0 spiro atoms. The van der Waals surface area contributed by atoms with Crippen LogP contribution in [0.15, 0.2) is 0 Å². The van der Waals surface area contributed by atoms with E-state index in [-0.39, 0.29) is 12.2 Å². The van der Waals surface area contributed by atoms with E-state index in [9.17, 15) is 23.1 Å². The second kappa shape index (κ2) is 6.22. The molecule has 3 nitrogen and oxygen atoms in total. The fraction of sp³-hybridized carbons (Fsp3) is 0.923. The van der Waals surface area contributed by atoms with Gasteiger partial charge in [0.25, 0.3) is 0 Å². The van der Waals surface area contributed by atoms with Crippen LogP contribution in [0.1, 0.15) is 46.0 Å². The first kappa shape index (κ1) is 16.4. The number of hydrogen-bond donors (Lipinski definition) is 1. The summed E-state index contributed by atoms with van der Waals surface area (Å²) < 4.78 is 41.3. The van der Waals surface area contributed by atoms with Crippen LogP contribution in [0.3, 0.4) is 0 Å². The van der Waals surface area contributed by atoms with E-state index in [1.807, 2.05) is 6.92 Å². The van der Waals surface area contributed by atoms with Gasteiger partial charge in [-0.3, -0.25) is 4.79 Å². The van der Waals surface area contributed by atoms with Crippen molar-refractivity contribution in [1.82, 2.24) is 0 Å². The molecule has 0 aromatic rings. The summed E-state index contributed by atoms with van der Waals surface area (Å²) in [5, 5.41) is 9.74. The molecule has 0 saturated heterocycles. The Hall–Kier alpha value is -0.620. The third-order valence-electron chi connectivity index (χ3n) is 3.99. The Kier molecular flexibility index (Phi) is 5.38. The van der Waals surface area contributed by atoms with E-state index in [0.717, 1.165) is 0 Å². The number of carbonyl (C=O) groups is 1. The normalized spacial score (nSPS) is 32.3. The minimum absolute atomic E-state index is 0.0440. The zero-order valence-electron chi connectivity index (χ0n) is 11.3. The molecule has 3 atom stereocenters. The van der Waals surface area contributed by atoms with Crippen LogP contribution in [-0.4, -0.2) is 35.9 Å². The quantitative estimate of drug-likeness (QED) is 0.843. The van der Waals surface area contributed by atoms with Crippen LogP contribution >= 0.6 is 0 Å². The fourth-order valence-corrected chi connectivity index (χ4v) is 2.75. The molecule has 0 bridgehead atoms. The maximum atomic E-state index is 12.2. The van der Waals surface area contributed by atoms with Crippen LogP contribution in [-0.2, 0) is 9.53 Å². The molecule has 3 unspecified atom stereocenters. The number of ether oxygens (including phenoxy) is 1. The Balaban J connectivity index is 2.73. The Morgan fingerprint density at radius 1 is 1.42 bits per heavy atom. The number of hydrogen-bond acceptors (Lipinski definition) is 3. The van der Waals surface area contributed by atoms with Gasteiger partial charge in [0.15, 0.2) is 0 Å². The molecule has 1 rings (SSSR count). The van der Waals surface area contributed by atoms with E-state index in [4.69, 9.17) is 4.74 Å². The van der Waals surface area contributed by atoms with Gasteiger partial charge in [0.05, 0.1) is 12.2 Å². The van der Waals surface area contributed by atoms with Gasteiger partial charge in [-0.1, -0.05) is 13.8 Å². The number of aliphatic hydroxyl groups is 1. The molecule has 6 heteroatoms. The van der Waals surface area contributed by atoms with Crippen molar-refractivity contribution in [2.24, 2.45) is 5.41 Å². The van der Waals surface area contributed by atoms with Gasteiger partial charge in [0.1, 0.15) is 12.4 Å². The maximum Gasteiger partial charge on any atom is 0.411 e. The average molecular weight is 282 g/mol. The van der Waals surface area contributed by atoms with Gasteiger partial charge in [-0.25, -0.2) is 0 Å². The first-order chi connectivity index (χ1) is 8.74. The number of alkyl halides is 3. The number of carbonyl (C=O) groups excluding carboxylic acids is 1. The van der Waals surface area contributed by atoms with Crippen molar-refractivity contribution in [2.75, 3.05) is 6.61 Å². The van der Waals surface area contributed by atoms with Crippen molar-refractivity contribution < 1.29 is 27.8 Å². The summed E-state index contributed by atoms with van der Waals surface area (Å²) in [6.45, 7) is 2.22. The third-order valence-corrected chi connectivity index (χ3v) is 3.99. The minimum Gasteiger partial charge on any atom is -0.390 e. The monoisotopic (exact) mass is 282 g/mol. The van der Waals surface area contributed by atoms with Crippen LogP contribution in [0.2, 0.25) is 0 Å². The number of Topliss-reactive ketones (excluding diaryl/α,β-unsaturated/α-hetero) is 1. The van der Waals surface area contributed by atoms with Crippen molar-refractivity contribution in [2.45, 2.75) is 64.3 Å². The summed E-state index contributed by atoms with van der Waals surface area (Å²) in [7, 11) is 0. The van der Waals surface area contributed by atoms with Gasteiger partial charge in [-0.05, 0) is 25.7 Å². The minimum atomic E-state index is -4.42. The van der Waals surface area contributed by atoms with Gasteiger partial charge in [0, 0.05) is 11.8 Å². The lowest BCUT2D eigenvalue weighted by atomic mass is 9.67. The summed E-state index contributed by atoms with van der Waals surface area (Å²) in [6.07, 6.45) is -4.33. The van der Waals surface area contributed by atoms with Crippen molar-refractivity contribution in [3.8, 4) is 0 Å². The summed E-state index contributed by atoms with van der Waals surface area (Å²) in [6, 6.07) is 0. The Bertz CT molecular complexity index is 317. The van der Waals surface area contributed by atoms with Crippen molar-refractivity contribution in [3.05, 3.63) is 0 Å². The molecular formula is C13H21F3O3. The highest BCUT2D eigenvalue weighted by Gasteiger charge is 2.44. The lowest BCUT2D eigenvalue weighted by Gasteiger charge is -2.41. The topological polar surface area (TPSA) is 46.5 Å². The van der Waals surface area contributed by atoms with Gasteiger partial charge < -0.3 is 9.84 Å². The third kappa shape index (κ3) is 4.18. The number of aliphatic hydroxyl groups excluding tert-OH is 1. The second-order valence-electron chi connectivity index (χ2n) is 5.19. The van der Waals surface area contributed by atoms with Crippen molar-refractivity contribution >= 4 is 5.78 Å². The molecule has 1 fully saturated rings. The Morgan fingerprint density at radius 3 is 2.53 bits per heavy atom. The van der Waals surface area contributed by atoms with Crippen LogP contribution < -0.4 is 0 Å². The fourth-order valence-electron chi connectivity index (χ4n) is 2.75. The van der Waals surface area contributed by atoms with Crippen LogP contribution in [0, 0.1) is 5.41 Å². The predicted molar refractivity (Wildman–Crippen MR) is 63.7 cm³/mol. The van der Waals surface area contributed by atoms with Gasteiger partial charge in [0.2, 0.25) is 0 Å². The summed E-state index contributed by atoms with van der Waals surface area (Å²) in [4.78, 5) is 12.0. The molecule has 0 heterocycles. The molecule has 1 aliphatic carbocycles. The van der Waals surface area contributed by atoms with Gasteiger partial charge >= 0.3 is 6.18 Å². The molecule has 19 heavy (non-hydrogen) atoms. The molecule has 0 aromatic carbocycles. The molecule has 1 N–H and O–H groups in total. The van der Waals surface area contributed by atoms with Crippen LogP contribution in [0.4, 0.5) is 13.2 Å². The molecule has 0 aromatic heterocycles. The Morgan fingerprint density at radius 2 is 2.05 bits per heavy atom. The molecule has 1 saturated carbocycles. The van der Waals surface area contributed by atoms with Crippen LogP contribution in [0.25, 0.3) is 0 Å². The van der Waals surface area contributed by atoms with E-state index >= 15 is 0 Å². The summed E-state index contributed by atoms with van der Waals surface area (Å²) >= 11 is 0. The highest BCUT2D eigenvalue weighted by atomic mass is 19.4. The van der Waals surface area contributed by atoms with E-state index in [1.165, 1.54) is 0 Å². The van der Waals surface area contributed by atoms with E-state index in [2.05, 4.69) is 0 Å². The standard InChI is InChI=1S/C13H21F3O3/c1-3-11(18)12(4-2)6-5-9(17)10(7-12)19-8-13(14,15)16/h9-10,17H,3-8H2,1-2H3. The lowest BCUT2D eigenvalue weighted by Crippen LogP contribution is -2.46. The summed E-state index contributed by atoms with van der Waals surface area (Å²) in [5.41, 5.74) is -0.635. The van der Waals surface area contributed by atoms with Crippen LogP contribution in [0.5, 0.6) is 0 Å². The molecule has 0 amide bonds. The molecule has 0 radical (unpaired) electrons. The molecule has 1 aliphatic rings. The molecular weight excluding hydrogens is 261 g/mol. The summed E-state index contributed by atoms with van der Waals surface area (Å²) in [5.74, 6) is 0.0440. The maximum absolute atomic E-state index is 12.2. The number of halogens is 3. The predicted octanol–water partition coefficient (Wildman–Crippen LogP) is 2.85. The van der Waals surface area contributed by atoms with E-state index in [0.29, 0.717) is 25.7 Å². The SMILES string of the molecule is CCC(=O)C1(CC)CCC(O)C(OCC(F)(F)F)C1. The molecule has 112 valence electrons. The zero-order valence-corrected chi connectivity index (χ0v) is 11.3. The van der Waals surface area contributed by atoms with Crippen molar-refractivity contribution in [1.29, 1.82) is 0 Å². The first-order valence-electron chi connectivity index (χ1n) is 6.64. The van der Waals surface area contributed by atoms with Gasteiger partial charge in [-0.2, -0.15) is 13.2 Å². The van der Waals surface area contributed by atoms with Crippen molar-refractivity contribution in [3.63, 3.8) is 0 Å². The second-order valence-corrected chi connectivity index (χ2v) is 5.19. The number of ketones is 1. The highest BCUT2D eigenvalue weighted by Crippen LogP contribution is 2.42. The smallest absolute Gasteiger partial charge is 0.390 e. The lowest BCUT2D eigenvalue weighted by molar-refractivity contribution is -0.204. The van der Waals surface area contributed by atoms with Gasteiger partial charge in [-0.15, -0.1) is 0 Å². The van der Waals surface area contributed by atoms with E-state index in [1.54, 1.807) is 6.92 Å². The first-order valence-corrected chi connectivity index (χ1v) is 6.64. The zero-order chi connectivity index (χ0) is 14.7. The molecule has 0 aliphatic heterocycles. The Labute approximate surface area is 111 Å². The largest absolute Gasteiger partial charge is 0.411 e.